The lowest BCUT2D eigenvalue weighted by atomic mass is 10.0. The summed E-state index contributed by atoms with van der Waals surface area (Å²) in [5.41, 5.74) is 0. The predicted octanol–water partition coefficient (Wildman–Crippen LogP) is 1.96. The minimum absolute atomic E-state index is 0.465. The maximum atomic E-state index is 3.65. The highest BCUT2D eigenvalue weighted by atomic mass is 32.2. The summed E-state index contributed by atoms with van der Waals surface area (Å²) in [6, 6.07) is 0.762. The Bertz CT molecular complexity index is 200. The van der Waals surface area contributed by atoms with Gasteiger partial charge in [0.05, 0.1) is 0 Å². The topological polar surface area (TPSA) is 15.3 Å². The second-order valence-electron chi connectivity index (χ2n) is 5.49. The van der Waals surface area contributed by atoms with Gasteiger partial charge in [0.2, 0.25) is 0 Å². The van der Waals surface area contributed by atoms with E-state index in [2.05, 4.69) is 35.8 Å². The number of nitrogens with zero attached hydrogens (tertiary/aromatic N) is 1. The lowest BCUT2D eigenvalue weighted by Crippen LogP contribution is -2.50. The Morgan fingerprint density at radius 3 is 2.93 bits per heavy atom. The van der Waals surface area contributed by atoms with Gasteiger partial charge < -0.3 is 5.32 Å². The summed E-state index contributed by atoms with van der Waals surface area (Å²) >= 11 is 2.12. The first-order valence-corrected chi connectivity index (χ1v) is 7.24. The highest BCUT2D eigenvalue weighted by Gasteiger charge is 2.28. The fourth-order valence-electron chi connectivity index (χ4n) is 2.66. The third-order valence-corrected chi connectivity index (χ3v) is 4.69. The van der Waals surface area contributed by atoms with Crippen molar-refractivity contribution >= 4 is 11.8 Å². The summed E-state index contributed by atoms with van der Waals surface area (Å²) in [6.45, 7) is 9.79. The molecule has 0 spiro atoms. The maximum Gasteiger partial charge on any atom is 0.0231 e. The lowest BCUT2D eigenvalue weighted by molar-refractivity contribution is 0.216. The molecule has 15 heavy (non-hydrogen) atoms. The molecule has 0 radical (unpaired) electrons. The van der Waals surface area contributed by atoms with Gasteiger partial charge in [0, 0.05) is 36.2 Å². The fourth-order valence-corrected chi connectivity index (χ4v) is 3.84. The van der Waals surface area contributed by atoms with E-state index in [-0.39, 0.29) is 0 Å². The van der Waals surface area contributed by atoms with Crippen molar-refractivity contribution in [2.45, 2.75) is 43.9 Å². The number of hydrogen-bond donors (Lipinski definition) is 1. The summed E-state index contributed by atoms with van der Waals surface area (Å²) < 4.78 is 0.465. The molecule has 0 bridgehead atoms. The van der Waals surface area contributed by atoms with E-state index in [1.54, 1.807) is 0 Å². The van der Waals surface area contributed by atoms with E-state index in [9.17, 15) is 0 Å². The first-order valence-electron chi connectivity index (χ1n) is 6.25. The molecule has 2 heterocycles. The molecule has 0 aromatic carbocycles. The van der Waals surface area contributed by atoms with Crippen LogP contribution >= 0.6 is 11.8 Å². The molecule has 2 rings (SSSR count). The highest BCUT2D eigenvalue weighted by Crippen LogP contribution is 2.29. The van der Waals surface area contributed by atoms with E-state index in [4.69, 9.17) is 0 Å². The number of thioether (sulfide) groups is 1. The van der Waals surface area contributed by atoms with E-state index < -0.39 is 0 Å². The normalized spacial score (nSPS) is 32.8. The monoisotopic (exact) mass is 228 g/mol. The first-order chi connectivity index (χ1) is 7.16. The molecule has 3 heteroatoms. The number of nitrogens with one attached hydrogen (secondary N) is 1. The van der Waals surface area contributed by atoms with Gasteiger partial charge in [0.15, 0.2) is 0 Å². The Kier molecular flexibility index (Phi) is 3.97. The zero-order chi connectivity index (χ0) is 10.7. The van der Waals surface area contributed by atoms with Gasteiger partial charge in [-0.2, -0.15) is 11.8 Å². The van der Waals surface area contributed by atoms with Gasteiger partial charge in [-0.3, -0.25) is 4.90 Å². The Morgan fingerprint density at radius 1 is 1.40 bits per heavy atom. The smallest absolute Gasteiger partial charge is 0.0231 e. The zero-order valence-corrected chi connectivity index (χ0v) is 10.9. The molecule has 2 fully saturated rings. The molecule has 0 amide bonds. The van der Waals surface area contributed by atoms with E-state index in [1.807, 2.05) is 0 Å². The van der Waals surface area contributed by atoms with Crippen LogP contribution in [0.3, 0.4) is 0 Å². The largest absolute Gasteiger partial charge is 0.313 e. The average molecular weight is 228 g/mol. The van der Waals surface area contributed by atoms with Crippen molar-refractivity contribution in [3.05, 3.63) is 0 Å². The molecular formula is C12H24N2S. The van der Waals surface area contributed by atoms with Crippen LogP contribution in [0.25, 0.3) is 0 Å². The van der Waals surface area contributed by atoms with Crippen LogP contribution in [-0.4, -0.2) is 47.6 Å². The number of rotatable bonds is 2. The van der Waals surface area contributed by atoms with E-state index in [0.29, 0.717) is 4.75 Å². The lowest BCUT2D eigenvalue weighted by Gasteiger charge is -2.39. The van der Waals surface area contributed by atoms with Crippen LogP contribution < -0.4 is 5.32 Å². The molecule has 2 aliphatic rings. The second kappa shape index (κ2) is 5.07. The SMILES string of the molecule is CC1(C)CN(CC2CCCCN2)CCS1. The molecule has 0 aromatic heterocycles. The van der Waals surface area contributed by atoms with Crippen LogP contribution in [0.15, 0.2) is 0 Å². The maximum absolute atomic E-state index is 3.65. The van der Waals surface area contributed by atoms with Crippen molar-refractivity contribution in [2.75, 3.05) is 31.9 Å². The highest BCUT2D eigenvalue weighted by molar-refractivity contribution is 8.00. The van der Waals surface area contributed by atoms with Gasteiger partial charge in [-0.25, -0.2) is 0 Å². The van der Waals surface area contributed by atoms with Crippen LogP contribution in [0.5, 0.6) is 0 Å². The Labute approximate surface area is 98.2 Å². The van der Waals surface area contributed by atoms with Crippen molar-refractivity contribution in [2.24, 2.45) is 0 Å². The van der Waals surface area contributed by atoms with Crippen molar-refractivity contribution in [3.8, 4) is 0 Å². The Balaban J connectivity index is 1.78. The summed E-state index contributed by atoms with van der Waals surface area (Å²) in [6.07, 6.45) is 4.17. The number of piperidine rings is 1. The van der Waals surface area contributed by atoms with Crippen LogP contribution in [0, 0.1) is 0 Å². The predicted molar refractivity (Wildman–Crippen MR) is 68.6 cm³/mol. The van der Waals surface area contributed by atoms with E-state index >= 15 is 0 Å². The Hall–Kier alpha value is 0.270. The Morgan fingerprint density at radius 2 is 2.27 bits per heavy atom. The van der Waals surface area contributed by atoms with Crippen LogP contribution in [0.1, 0.15) is 33.1 Å². The zero-order valence-electron chi connectivity index (χ0n) is 10.1. The quantitative estimate of drug-likeness (QED) is 0.778. The molecule has 1 atom stereocenters. The molecule has 1 unspecified atom stereocenters. The van der Waals surface area contributed by atoms with Gasteiger partial charge in [0.25, 0.3) is 0 Å². The van der Waals surface area contributed by atoms with Crippen LogP contribution in [0.2, 0.25) is 0 Å². The van der Waals surface area contributed by atoms with Gasteiger partial charge >= 0.3 is 0 Å². The van der Waals surface area contributed by atoms with E-state index in [0.717, 1.165) is 6.04 Å². The molecule has 2 saturated heterocycles. The molecule has 0 aromatic rings. The van der Waals surface area contributed by atoms with Crippen LogP contribution in [-0.2, 0) is 0 Å². The van der Waals surface area contributed by atoms with Gasteiger partial charge in [-0.1, -0.05) is 6.42 Å². The van der Waals surface area contributed by atoms with Crippen molar-refractivity contribution < 1.29 is 0 Å². The summed E-state index contributed by atoms with van der Waals surface area (Å²) in [5.74, 6) is 1.31. The van der Waals surface area contributed by atoms with Crippen molar-refractivity contribution in [3.63, 3.8) is 0 Å². The molecule has 2 aliphatic heterocycles. The molecular weight excluding hydrogens is 204 g/mol. The standard InChI is InChI=1S/C12H24N2S/c1-12(2)10-14(7-8-15-12)9-11-5-3-4-6-13-11/h11,13H,3-10H2,1-2H3. The van der Waals surface area contributed by atoms with E-state index in [1.165, 1.54) is 51.2 Å². The van der Waals surface area contributed by atoms with Crippen molar-refractivity contribution in [1.29, 1.82) is 0 Å². The fraction of sp³-hybridized carbons (Fsp3) is 1.00. The first kappa shape index (κ1) is 11.7. The van der Waals surface area contributed by atoms with Crippen molar-refractivity contribution in [1.82, 2.24) is 10.2 Å². The summed E-state index contributed by atoms with van der Waals surface area (Å²) in [7, 11) is 0. The van der Waals surface area contributed by atoms with Gasteiger partial charge in [0.1, 0.15) is 0 Å². The number of hydrogen-bond acceptors (Lipinski definition) is 3. The van der Waals surface area contributed by atoms with Gasteiger partial charge in [-0.05, 0) is 33.2 Å². The third-order valence-electron chi connectivity index (χ3n) is 3.40. The second-order valence-corrected chi connectivity index (χ2v) is 7.29. The minimum atomic E-state index is 0.465. The van der Waals surface area contributed by atoms with Gasteiger partial charge in [-0.15, -0.1) is 0 Å². The third kappa shape index (κ3) is 3.65. The summed E-state index contributed by atoms with van der Waals surface area (Å²) in [5, 5.41) is 3.65. The minimum Gasteiger partial charge on any atom is -0.313 e. The summed E-state index contributed by atoms with van der Waals surface area (Å²) in [4.78, 5) is 2.65. The molecule has 0 aliphatic carbocycles. The molecule has 0 saturated carbocycles. The molecule has 1 N–H and O–H groups in total. The molecule has 88 valence electrons. The van der Waals surface area contributed by atoms with Crippen LogP contribution in [0.4, 0.5) is 0 Å². The molecule has 2 nitrogen and oxygen atoms in total. The average Bonchev–Trinajstić information content (AvgIpc) is 2.17.